The van der Waals surface area contributed by atoms with Crippen molar-refractivity contribution in [3.8, 4) is 0 Å². The molecule has 1 N–H and O–H groups in total. The van der Waals surface area contributed by atoms with E-state index >= 15 is 0 Å². The lowest BCUT2D eigenvalue weighted by molar-refractivity contribution is -0.122. The predicted octanol–water partition coefficient (Wildman–Crippen LogP) is 6.63. The van der Waals surface area contributed by atoms with E-state index in [9.17, 15) is 5.11 Å². The Bertz CT molecular complexity index is 1070. The summed E-state index contributed by atoms with van der Waals surface area (Å²) in [5.41, 5.74) is 7.91. The molecule has 1 aromatic carbocycles. The molecule has 1 aliphatic carbocycles. The number of rotatable bonds is 2. The Labute approximate surface area is 205 Å². The van der Waals surface area contributed by atoms with E-state index < -0.39 is 11.7 Å². The number of aliphatic hydroxyl groups excluding tert-OH is 1. The molecule has 3 heterocycles. The molecule has 34 heavy (non-hydrogen) atoms. The number of pyridine rings is 1. The summed E-state index contributed by atoms with van der Waals surface area (Å²) in [5, 5.41) is 11.5. The van der Waals surface area contributed by atoms with Gasteiger partial charge in [0.15, 0.2) is 0 Å². The Morgan fingerprint density at radius 3 is 2.26 bits per heavy atom. The van der Waals surface area contributed by atoms with Crippen molar-refractivity contribution in [2.24, 2.45) is 5.41 Å². The van der Waals surface area contributed by atoms with Crippen LogP contribution >= 0.6 is 0 Å². The molecule has 2 atom stereocenters. The molecule has 2 aromatic rings. The van der Waals surface area contributed by atoms with E-state index in [1.165, 1.54) is 22.3 Å². The number of hydrogen-bond donors (Lipinski definition) is 1. The minimum Gasteiger partial charge on any atom is -0.388 e. The average molecular weight is 464 g/mol. The number of benzene rings is 1. The lowest BCUT2D eigenvalue weighted by Crippen LogP contribution is -2.37. The summed E-state index contributed by atoms with van der Waals surface area (Å²) in [6.45, 7) is 17.0. The summed E-state index contributed by atoms with van der Waals surface area (Å²) in [5.74, 6) is 0.274. The first-order chi connectivity index (χ1) is 15.9. The fraction of sp³-hybridized carbons (Fsp3) is 0.633. The molecule has 5 rings (SSSR count). The molecule has 0 bridgehead atoms. The fourth-order valence-corrected chi connectivity index (χ4v) is 6.33. The third-order valence-electron chi connectivity index (χ3n) is 8.09. The van der Waals surface area contributed by atoms with Crippen LogP contribution in [-0.2, 0) is 26.9 Å². The number of aliphatic hydroxyl groups is 1. The fourth-order valence-electron chi connectivity index (χ4n) is 6.33. The quantitative estimate of drug-likeness (QED) is 0.543. The van der Waals surface area contributed by atoms with Crippen LogP contribution in [-0.4, -0.2) is 23.3 Å². The number of fused-ring (bicyclic) bond motifs is 4. The monoisotopic (exact) mass is 463 g/mol. The van der Waals surface area contributed by atoms with Crippen LogP contribution in [0.1, 0.15) is 125 Å². The zero-order chi connectivity index (χ0) is 24.5. The van der Waals surface area contributed by atoms with Crippen molar-refractivity contribution in [3.63, 3.8) is 0 Å². The first kappa shape index (κ1) is 24.0. The minimum atomic E-state index is -0.508. The van der Waals surface area contributed by atoms with Crippen LogP contribution < -0.4 is 0 Å². The maximum absolute atomic E-state index is 11.5. The second-order valence-electron chi connectivity index (χ2n) is 12.8. The van der Waals surface area contributed by atoms with Crippen LogP contribution in [0, 0.1) is 5.41 Å². The largest absolute Gasteiger partial charge is 0.388 e. The van der Waals surface area contributed by atoms with Crippen LogP contribution in [0.15, 0.2) is 24.3 Å². The second-order valence-corrected chi connectivity index (χ2v) is 12.8. The maximum Gasteiger partial charge on any atom is 0.111 e. The highest BCUT2D eigenvalue weighted by Gasteiger charge is 2.52. The van der Waals surface area contributed by atoms with Gasteiger partial charge in [0.1, 0.15) is 6.10 Å². The van der Waals surface area contributed by atoms with Gasteiger partial charge in [-0.3, -0.25) is 4.98 Å². The van der Waals surface area contributed by atoms with Crippen molar-refractivity contribution >= 4 is 0 Å². The molecule has 1 saturated heterocycles. The van der Waals surface area contributed by atoms with E-state index in [1.54, 1.807) is 0 Å². The normalized spacial score (nSPS) is 25.4. The van der Waals surface area contributed by atoms with Gasteiger partial charge in [0, 0.05) is 48.6 Å². The van der Waals surface area contributed by atoms with Crippen LogP contribution in [0.3, 0.4) is 0 Å². The van der Waals surface area contributed by atoms with E-state index in [4.69, 9.17) is 14.5 Å². The Kier molecular flexibility index (Phi) is 5.74. The van der Waals surface area contributed by atoms with Crippen LogP contribution in [0.2, 0.25) is 0 Å². The molecule has 1 aromatic heterocycles. The van der Waals surface area contributed by atoms with Crippen LogP contribution in [0.5, 0.6) is 0 Å². The summed E-state index contributed by atoms with van der Waals surface area (Å²) >= 11 is 0. The van der Waals surface area contributed by atoms with Crippen LogP contribution in [0.25, 0.3) is 0 Å². The second kappa shape index (κ2) is 8.15. The van der Waals surface area contributed by atoms with Crippen molar-refractivity contribution in [2.45, 2.75) is 103 Å². The van der Waals surface area contributed by atoms with Gasteiger partial charge in [0.2, 0.25) is 0 Å². The molecule has 4 nitrogen and oxygen atoms in total. The molecule has 0 amide bonds. The minimum absolute atomic E-state index is 0.0341. The highest BCUT2D eigenvalue weighted by molar-refractivity contribution is 5.54. The molecule has 2 unspecified atom stereocenters. The molecule has 1 spiro atoms. The Morgan fingerprint density at radius 1 is 1.03 bits per heavy atom. The van der Waals surface area contributed by atoms with Gasteiger partial charge in [-0.1, -0.05) is 72.7 Å². The third-order valence-corrected chi connectivity index (χ3v) is 8.09. The standard InChI is InChI=1S/C30H41NO3/c1-18(2)26-24-25(23-21(31-26)16-29(6,7)17-22(23)32)30(12-14-33-15-13-30)34-27(24)19-8-10-20(11-9-19)28(3,4)5/h8-11,18,22,27,32H,12-17H2,1-7H3. The molecule has 0 saturated carbocycles. The molecule has 1 fully saturated rings. The molecular weight excluding hydrogens is 422 g/mol. The maximum atomic E-state index is 11.5. The summed E-state index contributed by atoms with van der Waals surface area (Å²) < 4.78 is 12.9. The van der Waals surface area contributed by atoms with Gasteiger partial charge >= 0.3 is 0 Å². The van der Waals surface area contributed by atoms with Crippen molar-refractivity contribution in [2.75, 3.05) is 13.2 Å². The average Bonchev–Trinajstić information content (AvgIpc) is 3.06. The number of ether oxygens (including phenoxy) is 2. The smallest absolute Gasteiger partial charge is 0.111 e. The van der Waals surface area contributed by atoms with Crippen molar-refractivity contribution in [1.29, 1.82) is 0 Å². The first-order valence-electron chi connectivity index (χ1n) is 13.0. The highest BCUT2D eigenvalue weighted by Crippen LogP contribution is 2.57. The topological polar surface area (TPSA) is 51.6 Å². The van der Waals surface area contributed by atoms with Gasteiger partial charge < -0.3 is 14.6 Å². The SMILES string of the molecule is CC(C)c1nc2c(c3c1C(c1ccc(C(C)(C)C)cc1)OC31CCOCC1)C(O)CC(C)(C)C2. The van der Waals surface area contributed by atoms with E-state index in [-0.39, 0.29) is 22.9 Å². The Balaban J connectivity index is 1.74. The lowest BCUT2D eigenvalue weighted by atomic mass is 9.70. The molecular formula is C30H41NO3. The zero-order valence-corrected chi connectivity index (χ0v) is 22.0. The molecule has 184 valence electrons. The summed E-state index contributed by atoms with van der Waals surface area (Å²) in [7, 11) is 0. The van der Waals surface area contributed by atoms with Gasteiger partial charge in [-0.25, -0.2) is 0 Å². The van der Waals surface area contributed by atoms with Crippen molar-refractivity contribution in [3.05, 3.63) is 63.5 Å². The number of aromatic nitrogens is 1. The third kappa shape index (κ3) is 3.92. The molecule has 0 radical (unpaired) electrons. The Morgan fingerprint density at radius 2 is 1.68 bits per heavy atom. The van der Waals surface area contributed by atoms with E-state index in [0.29, 0.717) is 13.2 Å². The first-order valence-corrected chi connectivity index (χ1v) is 13.0. The molecule has 2 aliphatic heterocycles. The van der Waals surface area contributed by atoms with E-state index in [2.05, 4.69) is 72.7 Å². The molecule has 4 heteroatoms. The summed E-state index contributed by atoms with van der Waals surface area (Å²) in [6, 6.07) is 8.95. The Hall–Kier alpha value is -1.75. The van der Waals surface area contributed by atoms with E-state index in [0.717, 1.165) is 42.6 Å². The summed E-state index contributed by atoms with van der Waals surface area (Å²) in [4.78, 5) is 5.27. The van der Waals surface area contributed by atoms with Gasteiger partial charge in [-0.15, -0.1) is 0 Å². The van der Waals surface area contributed by atoms with Gasteiger partial charge in [0.25, 0.3) is 0 Å². The van der Waals surface area contributed by atoms with E-state index in [1.807, 2.05) is 0 Å². The van der Waals surface area contributed by atoms with Gasteiger partial charge in [-0.05, 0) is 46.3 Å². The number of nitrogens with zero attached hydrogens (tertiary/aromatic N) is 1. The van der Waals surface area contributed by atoms with Gasteiger partial charge in [-0.2, -0.15) is 0 Å². The van der Waals surface area contributed by atoms with Crippen LogP contribution in [0.4, 0.5) is 0 Å². The van der Waals surface area contributed by atoms with Crippen molar-refractivity contribution in [1.82, 2.24) is 4.98 Å². The van der Waals surface area contributed by atoms with Gasteiger partial charge in [0.05, 0.1) is 11.7 Å². The lowest BCUT2D eigenvalue weighted by Gasteiger charge is -2.40. The molecule has 3 aliphatic rings. The number of hydrogen-bond acceptors (Lipinski definition) is 4. The predicted molar refractivity (Wildman–Crippen MR) is 135 cm³/mol. The highest BCUT2D eigenvalue weighted by atomic mass is 16.5. The zero-order valence-electron chi connectivity index (χ0n) is 22.0. The summed E-state index contributed by atoms with van der Waals surface area (Å²) in [6.07, 6.45) is 2.61. The van der Waals surface area contributed by atoms with Crippen molar-refractivity contribution < 1.29 is 14.6 Å².